The van der Waals surface area contributed by atoms with Crippen molar-refractivity contribution in [2.75, 3.05) is 13.2 Å². The van der Waals surface area contributed by atoms with Crippen LogP contribution in [0.2, 0.25) is 5.02 Å². The van der Waals surface area contributed by atoms with Gasteiger partial charge < -0.3 is 14.8 Å². The lowest BCUT2D eigenvalue weighted by atomic mass is 10.1. The molecule has 7 nitrogen and oxygen atoms in total. The highest BCUT2D eigenvalue weighted by Crippen LogP contribution is 2.32. The molecule has 8 heteroatoms. The number of hydrogen-bond donors (Lipinski definition) is 1. The number of tetrazole rings is 1. The number of nitrogens with zero attached hydrogens (tertiary/aromatic N) is 4. The van der Waals surface area contributed by atoms with E-state index >= 15 is 0 Å². The van der Waals surface area contributed by atoms with Crippen LogP contribution in [-0.4, -0.2) is 33.4 Å². The normalized spacial score (nSPS) is 10.8. The van der Waals surface area contributed by atoms with Gasteiger partial charge in [-0.2, -0.15) is 4.68 Å². The Labute approximate surface area is 191 Å². The molecule has 0 bridgehead atoms. The van der Waals surface area contributed by atoms with Crippen molar-refractivity contribution in [1.82, 2.24) is 25.5 Å². The van der Waals surface area contributed by atoms with Crippen molar-refractivity contribution in [3.63, 3.8) is 0 Å². The minimum absolute atomic E-state index is 0.269. The van der Waals surface area contributed by atoms with E-state index in [4.69, 9.17) is 21.1 Å². The predicted octanol–water partition coefficient (Wildman–Crippen LogP) is 4.84. The van der Waals surface area contributed by atoms with E-state index in [1.54, 1.807) is 4.68 Å². The first kappa shape index (κ1) is 21.8. The number of rotatable bonds is 10. The fraction of sp³-hybridized carbons (Fsp3) is 0.208. The van der Waals surface area contributed by atoms with Gasteiger partial charge in [0.05, 0.1) is 12.3 Å². The first-order valence-electron chi connectivity index (χ1n) is 10.5. The van der Waals surface area contributed by atoms with E-state index < -0.39 is 0 Å². The Morgan fingerprint density at radius 1 is 0.938 bits per heavy atom. The molecule has 0 aliphatic rings. The molecule has 0 saturated heterocycles. The lowest BCUT2D eigenvalue weighted by Crippen LogP contribution is -2.16. The van der Waals surface area contributed by atoms with Crippen LogP contribution >= 0.6 is 11.6 Å². The van der Waals surface area contributed by atoms with Crippen LogP contribution < -0.4 is 14.8 Å². The van der Waals surface area contributed by atoms with Crippen LogP contribution in [0.25, 0.3) is 5.69 Å². The van der Waals surface area contributed by atoms with Gasteiger partial charge in [0.2, 0.25) is 0 Å². The maximum absolute atomic E-state index is 6.01. The van der Waals surface area contributed by atoms with Crippen LogP contribution in [0, 0.1) is 0 Å². The number of nitrogens with one attached hydrogen (secondary N) is 1. The summed E-state index contributed by atoms with van der Waals surface area (Å²) < 4.78 is 13.4. The first-order valence-corrected chi connectivity index (χ1v) is 10.8. The van der Waals surface area contributed by atoms with Gasteiger partial charge in [-0.1, -0.05) is 53.1 Å². The standard InChI is InChI=1S/C24H24ClN5O2/c1-2-31-23-16-19(17-26-15-14-18-8-11-20(25)12-9-18)10-13-22(23)32-24-27-28-29-30(24)21-6-4-3-5-7-21/h3-13,16,26H,2,14-15,17H2,1H3. The molecule has 1 N–H and O–H groups in total. The fourth-order valence-corrected chi connectivity index (χ4v) is 3.33. The Balaban J connectivity index is 1.41. The van der Waals surface area contributed by atoms with Crippen molar-refractivity contribution < 1.29 is 9.47 Å². The van der Waals surface area contributed by atoms with E-state index in [0.717, 1.165) is 35.8 Å². The van der Waals surface area contributed by atoms with E-state index in [-0.39, 0.29) is 6.01 Å². The summed E-state index contributed by atoms with van der Waals surface area (Å²) in [5.74, 6) is 1.20. The molecule has 4 rings (SSSR count). The summed E-state index contributed by atoms with van der Waals surface area (Å²) in [6.45, 7) is 4.04. The molecule has 164 valence electrons. The molecule has 3 aromatic carbocycles. The zero-order valence-corrected chi connectivity index (χ0v) is 18.5. The van der Waals surface area contributed by atoms with Crippen molar-refractivity contribution in [1.29, 1.82) is 0 Å². The molecular weight excluding hydrogens is 426 g/mol. The summed E-state index contributed by atoms with van der Waals surface area (Å²) >= 11 is 5.94. The third kappa shape index (κ3) is 5.63. The third-order valence-electron chi connectivity index (χ3n) is 4.78. The van der Waals surface area contributed by atoms with Gasteiger partial charge in [0.15, 0.2) is 11.5 Å². The van der Waals surface area contributed by atoms with Crippen molar-refractivity contribution in [3.8, 4) is 23.2 Å². The summed E-state index contributed by atoms with van der Waals surface area (Å²) in [7, 11) is 0. The Hall–Kier alpha value is -3.42. The number of para-hydroxylation sites is 1. The molecule has 0 unspecified atom stereocenters. The minimum Gasteiger partial charge on any atom is -0.490 e. The van der Waals surface area contributed by atoms with Crippen molar-refractivity contribution in [2.45, 2.75) is 19.9 Å². The van der Waals surface area contributed by atoms with Gasteiger partial charge in [-0.05, 0) is 77.8 Å². The molecule has 32 heavy (non-hydrogen) atoms. The molecule has 0 spiro atoms. The Morgan fingerprint density at radius 3 is 2.50 bits per heavy atom. The molecular formula is C24H24ClN5O2. The zero-order valence-electron chi connectivity index (χ0n) is 17.7. The Kier molecular flexibility index (Phi) is 7.32. The van der Waals surface area contributed by atoms with E-state index in [1.165, 1.54) is 5.56 Å². The maximum atomic E-state index is 6.01. The summed E-state index contributed by atoms with van der Waals surface area (Å²) in [4.78, 5) is 0. The van der Waals surface area contributed by atoms with Gasteiger partial charge in [0.25, 0.3) is 0 Å². The molecule has 0 aliphatic heterocycles. The molecule has 0 radical (unpaired) electrons. The average Bonchev–Trinajstić information content (AvgIpc) is 3.28. The lowest BCUT2D eigenvalue weighted by molar-refractivity contribution is 0.315. The summed E-state index contributed by atoms with van der Waals surface area (Å²) in [5.41, 5.74) is 3.16. The number of halogens is 1. The quantitative estimate of drug-likeness (QED) is 0.349. The van der Waals surface area contributed by atoms with Crippen molar-refractivity contribution in [3.05, 3.63) is 88.9 Å². The predicted molar refractivity (Wildman–Crippen MR) is 124 cm³/mol. The number of benzene rings is 3. The second kappa shape index (κ2) is 10.7. The highest BCUT2D eigenvalue weighted by Gasteiger charge is 2.14. The molecule has 4 aromatic rings. The highest BCUT2D eigenvalue weighted by atomic mass is 35.5. The van der Waals surface area contributed by atoms with E-state index in [9.17, 15) is 0 Å². The van der Waals surface area contributed by atoms with Crippen LogP contribution in [0.1, 0.15) is 18.1 Å². The lowest BCUT2D eigenvalue weighted by Gasteiger charge is -2.13. The molecule has 1 heterocycles. The molecule has 0 aliphatic carbocycles. The highest BCUT2D eigenvalue weighted by molar-refractivity contribution is 6.30. The molecule has 0 atom stereocenters. The van der Waals surface area contributed by atoms with Crippen LogP contribution in [0.3, 0.4) is 0 Å². The van der Waals surface area contributed by atoms with Gasteiger partial charge in [-0.15, -0.1) is 0 Å². The second-order valence-electron chi connectivity index (χ2n) is 7.08. The second-order valence-corrected chi connectivity index (χ2v) is 7.51. The zero-order chi connectivity index (χ0) is 22.2. The fourth-order valence-electron chi connectivity index (χ4n) is 3.20. The summed E-state index contributed by atoms with van der Waals surface area (Å²) in [6, 6.07) is 23.6. The summed E-state index contributed by atoms with van der Waals surface area (Å²) in [5, 5.41) is 16.0. The van der Waals surface area contributed by atoms with Crippen LogP contribution in [0.5, 0.6) is 17.5 Å². The number of ether oxygens (including phenoxy) is 2. The molecule has 1 aromatic heterocycles. The third-order valence-corrected chi connectivity index (χ3v) is 5.04. The molecule has 0 saturated carbocycles. The van der Waals surface area contributed by atoms with E-state index in [0.29, 0.717) is 18.1 Å². The van der Waals surface area contributed by atoms with Gasteiger partial charge in [0, 0.05) is 11.6 Å². The molecule has 0 amide bonds. The Bertz CT molecular complexity index is 1130. The number of aromatic nitrogens is 4. The van der Waals surface area contributed by atoms with Crippen molar-refractivity contribution in [2.24, 2.45) is 0 Å². The number of hydrogen-bond acceptors (Lipinski definition) is 6. The minimum atomic E-state index is 0.269. The Morgan fingerprint density at radius 2 is 1.72 bits per heavy atom. The van der Waals surface area contributed by atoms with Crippen LogP contribution in [0.4, 0.5) is 0 Å². The van der Waals surface area contributed by atoms with Gasteiger partial charge in [-0.25, -0.2) is 0 Å². The largest absolute Gasteiger partial charge is 0.490 e. The smallest absolute Gasteiger partial charge is 0.346 e. The van der Waals surface area contributed by atoms with Crippen LogP contribution in [-0.2, 0) is 13.0 Å². The van der Waals surface area contributed by atoms with Crippen LogP contribution in [0.15, 0.2) is 72.8 Å². The van der Waals surface area contributed by atoms with Gasteiger partial charge >= 0.3 is 6.01 Å². The first-order chi connectivity index (χ1) is 15.7. The summed E-state index contributed by atoms with van der Waals surface area (Å²) in [6.07, 6.45) is 0.929. The SMILES string of the molecule is CCOc1cc(CNCCc2ccc(Cl)cc2)ccc1Oc1nnnn1-c1ccccc1. The van der Waals surface area contributed by atoms with E-state index in [1.807, 2.05) is 79.7 Å². The van der Waals surface area contributed by atoms with Crippen molar-refractivity contribution >= 4 is 11.6 Å². The van der Waals surface area contributed by atoms with E-state index in [2.05, 4.69) is 20.8 Å². The molecule has 0 fully saturated rings. The van der Waals surface area contributed by atoms with Gasteiger partial charge in [0.1, 0.15) is 0 Å². The maximum Gasteiger partial charge on any atom is 0.346 e. The monoisotopic (exact) mass is 449 g/mol. The topological polar surface area (TPSA) is 74.1 Å². The van der Waals surface area contributed by atoms with Gasteiger partial charge in [-0.3, -0.25) is 0 Å². The average molecular weight is 450 g/mol.